The second-order valence-corrected chi connectivity index (χ2v) is 16.2. The van der Waals surface area contributed by atoms with Crippen LogP contribution in [-0.2, 0) is 0 Å². The van der Waals surface area contributed by atoms with Crippen molar-refractivity contribution in [3.63, 3.8) is 0 Å². The summed E-state index contributed by atoms with van der Waals surface area (Å²) in [7, 11) is 0. The summed E-state index contributed by atoms with van der Waals surface area (Å²) in [5.41, 5.74) is 8.32. The van der Waals surface area contributed by atoms with Crippen LogP contribution in [0.1, 0.15) is 0 Å². The predicted molar refractivity (Wildman–Crippen MR) is 242 cm³/mol. The lowest BCUT2D eigenvalue weighted by Crippen LogP contribution is -2.15. The smallest absolute Gasteiger partial charge is 0.238 e. The molecule has 0 aliphatic heterocycles. The molecule has 0 fully saturated rings. The third kappa shape index (κ3) is 6.03. The lowest BCUT2D eigenvalue weighted by Gasteiger charge is -2.25. The molecule has 4 nitrogen and oxygen atoms in total. The fraction of sp³-hybridized carbons (Fsp3) is 0. The number of rotatable bonds is 7. The van der Waals surface area contributed by atoms with Gasteiger partial charge >= 0.3 is 0 Å². The summed E-state index contributed by atoms with van der Waals surface area (Å²) in [6.45, 7) is 0. The van der Waals surface area contributed by atoms with E-state index in [0.29, 0.717) is 17.6 Å². The summed E-state index contributed by atoms with van der Waals surface area (Å²) in [4.78, 5) is 18.3. The van der Waals surface area contributed by atoms with Crippen LogP contribution in [0.5, 0.6) is 0 Å². The molecular weight excluding hydrogens is 733 g/mol. The molecule has 57 heavy (non-hydrogen) atoms. The Morgan fingerprint density at radius 2 is 0.860 bits per heavy atom. The van der Waals surface area contributed by atoms with E-state index < -0.39 is 0 Å². The van der Waals surface area contributed by atoms with Gasteiger partial charge < -0.3 is 0 Å². The molecule has 8 aromatic carbocycles. The molecule has 3 heterocycles. The maximum atomic E-state index is 5.42. The summed E-state index contributed by atoms with van der Waals surface area (Å²) in [5.74, 6) is 1.77. The summed E-state index contributed by atoms with van der Waals surface area (Å²) < 4.78 is 4.95. The van der Waals surface area contributed by atoms with Gasteiger partial charge in [-0.05, 0) is 82.9 Å². The van der Waals surface area contributed by atoms with Gasteiger partial charge in [0.2, 0.25) is 5.95 Å². The van der Waals surface area contributed by atoms with Crippen LogP contribution in [0.15, 0.2) is 194 Å². The van der Waals surface area contributed by atoms with E-state index in [-0.39, 0.29) is 0 Å². The van der Waals surface area contributed by atoms with E-state index in [1.54, 1.807) is 0 Å². The molecule has 0 aliphatic rings. The van der Waals surface area contributed by atoms with Gasteiger partial charge in [0.25, 0.3) is 0 Å². The van der Waals surface area contributed by atoms with Crippen LogP contribution >= 0.6 is 22.7 Å². The first-order chi connectivity index (χ1) is 28.2. The zero-order chi connectivity index (χ0) is 37.7. The Morgan fingerprint density at radius 3 is 1.61 bits per heavy atom. The number of thiophene rings is 2. The topological polar surface area (TPSA) is 41.9 Å². The average Bonchev–Trinajstić information content (AvgIpc) is 3.86. The first-order valence-electron chi connectivity index (χ1n) is 18.9. The highest BCUT2D eigenvalue weighted by molar-refractivity contribution is 7.26. The molecule has 11 aromatic rings. The number of aromatic nitrogens is 3. The largest absolute Gasteiger partial charge is 0.278 e. The quantitative estimate of drug-likeness (QED) is 0.162. The number of hydrogen-bond acceptors (Lipinski definition) is 6. The molecule has 0 amide bonds. The number of nitrogens with zero attached hydrogens (tertiary/aromatic N) is 4. The van der Waals surface area contributed by atoms with Gasteiger partial charge in [-0.1, -0.05) is 133 Å². The second kappa shape index (κ2) is 13.9. The zero-order valence-corrected chi connectivity index (χ0v) is 32.2. The second-order valence-electron chi connectivity index (χ2n) is 14.0. The third-order valence-electron chi connectivity index (χ3n) is 10.5. The highest BCUT2D eigenvalue weighted by atomic mass is 32.1. The van der Waals surface area contributed by atoms with Gasteiger partial charge in [-0.3, -0.25) is 4.90 Å². The number of fused-ring (bicyclic) bond motifs is 6. The molecule has 0 radical (unpaired) electrons. The van der Waals surface area contributed by atoms with Crippen LogP contribution in [0.25, 0.3) is 85.4 Å². The normalized spacial score (nSPS) is 11.5. The van der Waals surface area contributed by atoms with Crippen LogP contribution in [-0.4, -0.2) is 15.0 Å². The van der Waals surface area contributed by atoms with Crippen molar-refractivity contribution in [1.29, 1.82) is 0 Å². The third-order valence-corrected chi connectivity index (χ3v) is 12.8. The summed E-state index contributed by atoms with van der Waals surface area (Å²) in [6, 6.07) is 68.6. The predicted octanol–water partition coefficient (Wildman–Crippen LogP) is 14.7. The van der Waals surface area contributed by atoms with E-state index in [4.69, 9.17) is 15.0 Å². The maximum absolute atomic E-state index is 5.42. The standard InChI is InChI=1S/C51H32N4S2/c1-3-14-33(15-4-1)35-18-11-20-37(30-35)49-52-50(38-28-29-46-42(32-38)40-22-7-9-25-44(40)56-46)54-51(53-49)55(39-21-12-19-36(31-39)34-16-5-2-6-17-34)43-24-13-27-47-48(43)41-23-8-10-26-45(41)57-47/h1-32H. The Balaban J connectivity index is 1.19. The monoisotopic (exact) mass is 764 g/mol. The van der Waals surface area contributed by atoms with Gasteiger partial charge in [-0.15, -0.1) is 22.7 Å². The van der Waals surface area contributed by atoms with Gasteiger partial charge in [-0.25, -0.2) is 4.98 Å². The van der Waals surface area contributed by atoms with E-state index >= 15 is 0 Å². The van der Waals surface area contributed by atoms with Crippen molar-refractivity contribution in [1.82, 2.24) is 15.0 Å². The van der Waals surface area contributed by atoms with E-state index in [0.717, 1.165) is 44.8 Å². The fourth-order valence-electron chi connectivity index (χ4n) is 7.82. The first kappa shape index (κ1) is 33.4. The minimum absolute atomic E-state index is 0.545. The number of hydrogen-bond donors (Lipinski definition) is 0. The van der Waals surface area contributed by atoms with E-state index in [9.17, 15) is 0 Å². The zero-order valence-electron chi connectivity index (χ0n) is 30.6. The fourth-order valence-corrected chi connectivity index (χ4v) is 10.0. The minimum atomic E-state index is 0.545. The van der Waals surface area contributed by atoms with Crippen LogP contribution in [0.2, 0.25) is 0 Å². The highest BCUT2D eigenvalue weighted by Gasteiger charge is 2.24. The van der Waals surface area contributed by atoms with Crippen molar-refractivity contribution in [3.05, 3.63) is 194 Å². The van der Waals surface area contributed by atoms with Crippen molar-refractivity contribution in [2.45, 2.75) is 0 Å². The van der Waals surface area contributed by atoms with Gasteiger partial charge in [0, 0.05) is 57.2 Å². The van der Waals surface area contributed by atoms with Gasteiger partial charge in [0.1, 0.15) is 0 Å². The molecule has 6 heteroatoms. The first-order valence-corrected chi connectivity index (χ1v) is 20.6. The molecule has 11 rings (SSSR count). The Hall–Kier alpha value is -6.99. The van der Waals surface area contributed by atoms with Gasteiger partial charge in [-0.2, -0.15) is 9.97 Å². The van der Waals surface area contributed by atoms with Crippen molar-refractivity contribution in [3.8, 4) is 45.0 Å². The van der Waals surface area contributed by atoms with Crippen LogP contribution in [0.3, 0.4) is 0 Å². The molecule has 0 atom stereocenters. The van der Waals surface area contributed by atoms with Crippen molar-refractivity contribution < 1.29 is 0 Å². The van der Waals surface area contributed by atoms with Crippen LogP contribution in [0, 0.1) is 0 Å². The van der Waals surface area contributed by atoms with Gasteiger partial charge in [0.05, 0.1) is 5.69 Å². The molecule has 0 N–H and O–H groups in total. The van der Waals surface area contributed by atoms with Crippen molar-refractivity contribution in [2.75, 3.05) is 4.90 Å². The Morgan fingerprint density at radius 1 is 0.333 bits per heavy atom. The van der Waals surface area contributed by atoms with Crippen molar-refractivity contribution >= 4 is 80.3 Å². The Kier molecular flexibility index (Phi) is 8.16. The van der Waals surface area contributed by atoms with Gasteiger partial charge in [0.15, 0.2) is 11.6 Å². The van der Waals surface area contributed by atoms with Crippen molar-refractivity contribution in [2.24, 2.45) is 0 Å². The highest BCUT2D eigenvalue weighted by Crippen LogP contribution is 2.45. The SMILES string of the molecule is c1ccc(-c2cccc(-c3nc(-c4ccc5sc6ccccc6c5c4)nc(N(c4cccc(-c5ccccc5)c4)c4cccc5sc6ccccc6c45)n3)c2)cc1. The summed E-state index contributed by atoms with van der Waals surface area (Å²) in [5, 5.41) is 4.81. The lowest BCUT2D eigenvalue weighted by atomic mass is 10.0. The molecule has 0 unspecified atom stereocenters. The molecule has 0 aliphatic carbocycles. The molecular formula is C51H32N4S2. The minimum Gasteiger partial charge on any atom is -0.278 e. The lowest BCUT2D eigenvalue weighted by molar-refractivity contribution is 1.03. The summed E-state index contributed by atoms with van der Waals surface area (Å²) >= 11 is 3.62. The van der Waals surface area contributed by atoms with Crippen LogP contribution in [0.4, 0.5) is 17.3 Å². The Bertz CT molecular complexity index is 3260. The van der Waals surface area contributed by atoms with E-state index in [1.807, 2.05) is 28.7 Å². The Labute approximate surface area is 337 Å². The molecule has 0 saturated carbocycles. The molecule has 0 saturated heterocycles. The molecule has 268 valence electrons. The van der Waals surface area contributed by atoms with E-state index in [2.05, 4.69) is 193 Å². The maximum Gasteiger partial charge on any atom is 0.238 e. The van der Waals surface area contributed by atoms with E-state index in [1.165, 1.54) is 40.3 Å². The molecule has 3 aromatic heterocycles. The molecule has 0 bridgehead atoms. The number of benzene rings is 8. The average molecular weight is 765 g/mol. The number of anilines is 3. The van der Waals surface area contributed by atoms with Crippen LogP contribution < -0.4 is 4.90 Å². The molecule has 0 spiro atoms. The summed E-state index contributed by atoms with van der Waals surface area (Å²) in [6.07, 6.45) is 0.